The zero-order valence-corrected chi connectivity index (χ0v) is 15.9. The van der Waals surface area contributed by atoms with Crippen molar-refractivity contribution in [2.24, 2.45) is 10.7 Å². The Morgan fingerprint density at radius 1 is 1.28 bits per heavy atom. The van der Waals surface area contributed by atoms with Crippen molar-refractivity contribution in [2.45, 2.75) is 53.9 Å². The van der Waals surface area contributed by atoms with Crippen LogP contribution >= 0.6 is 0 Å². The Morgan fingerprint density at radius 3 is 2.60 bits per heavy atom. The third-order valence-electron chi connectivity index (χ3n) is 3.78. The highest BCUT2D eigenvalue weighted by Crippen LogP contribution is 2.25. The van der Waals surface area contributed by atoms with Crippen molar-refractivity contribution in [1.82, 2.24) is 10.2 Å². The Labute approximate surface area is 151 Å². The summed E-state index contributed by atoms with van der Waals surface area (Å²) in [5.74, 6) is 6.43. The summed E-state index contributed by atoms with van der Waals surface area (Å²) in [6.45, 7) is 10.2. The minimum atomic E-state index is 0.759. The fraction of sp³-hybridized carbons (Fsp3) is 0.381. The van der Waals surface area contributed by atoms with Crippen LogP contribution in [0.3, 0.4) is 0 Å². The van der Waals surface area contributed by atoms with Crippen LogP contribution in [-0.2, 0) is 0 Å². The van der Waals surface area contributed by atoms with Crippen molar-refractivity contribution < 1.29 is 0 Å². The molecule has 0 spiro atoms. The van der Waals surface area contributed by atoms with Gasteiger partial charge in [-0.15, -0.1) is 0 Å². The number of aliphatic imine (C=N–C) groups is 1. The van der Waals surface area contributed by atoms with E-state index in [2.05, 4.69) is 53.9 Å². The van der Waals surface area contributed by atoms with E-state index in [0.717, 1.165) is 52.9 Å². The molecule has 1 rings (SSSR count). The third kappa shape index (κ3) is 6.39. The summed E-state index contributed by atoms with van der Waals surface area (Å²) in [4.78, 5) is 4.46. The van der Waals surface area contributed by atoms with Crippen molar-refractivity contribution in [3.8, 4) is 11.8 Å². The second-order valence-corrected chi connectivity index (χ2v) is 5.68. The summed E-state index contributed by atoms with van der Waals surface area (Å²) in [7, 11) is 0. The number of aromatic nitrogens is 2. The standard InChI is InChI=1S/C21H28N4/c1-6-9-10-19(12-11-18-13-14-24-25-15-18)20(17(5)23-8-3)21(22)16(4)7-2/h8,10,13-15H,6-7,9,22H2,1-5H3/b19-10-,20-17-,21-16-,23-8?. The first-order valence-electron chi connectivity index (χ1n) is 8.69. The van der Waals surface area contributed by atoms with Crippen LogP contribution in [0, 0.1) is 11.8 Å². The molecule has 0 atom stereocenters. The predicted octanol–water partition coefficient (Wildman–Crippen LogP) is 4.56. The second-order valence-electron chi connectivity index (χ2n) is 5.68. The Hall–Kier alpha value is -2.67. The van der Waals surface area contributed by atoms with Crippen LogP contribution < -0.4 is 5.73 Å². The number of nitrogens with zero attached hydrogens (tertiary/aromatic N) is 3. The zero-order valence-electron chi connectivity index (χ0n) is 15.9. The molecule has 0 aliphatic carbocycles. The quantitative estimate of drug-likeness (QED) is 0.470. The van der Waals surface area contributed by atoms with Gasteiger partial charge >= 0.3 is 0 Å². The zero-order chi connectivity index (χ0) is 18.7. The number of unbranched alkanes of at least 4 members (excludes halogenated alkanes) is 1. The molecule has 1 aromatic rings. The van der Waals surface area contributed by atoms with Crippen molar-refractivity contribution in [1.29, 1.82) is 0 Å². The lowest BCUT2D eigenvalue weighted by Gasteiger charge is -2.13. The van der Waals surface area contributed by atoms with E-state index >= 15 is 0 Å². The van der Waals surface area contributed by atoms with Gasteiger partial charge in [0.2, 0.25) is 0 Å². The summed E-state index contributed by atoms with van der Waals surface area (Å²) in [6.07, 6.45) is 10.1. The Balaban J connectivity index is 3.52. The number of hydrogen-bond acceptors (Lipinski definition) is 4. The number of rotatable bonds is 6. The van der Waals surface area contributed by atoms with Gasteiger partial charge in [0.25, 0.3) is 0 Å². The molecule has 0 unspecified atom stereocenters. The van der Waals surface area contributed by atoms with Crippen LogP contribution in [0.1, 0.15) is 59.4 Å². The number of nitrogens with two attached hydrogens (primary N) is 1. The van der Waals surface area contributed by atoms with Gasteiger partial charge < -0.3 is 5.73 Å². The van der Waals surface area contributed by atoms with E-state index in [1.165, 1.54) is 0 Å². The molecule has 4 heteroatoms. The molecule has 4 nitrogen and oxygen atoms in total. The van der Waals surface area contributed by atoms with E-state index in [1.54, 1.807) is 18.6 Å². The van der Waals surface area contributed by atoms with Gasteiger partial charge in [0.15, 0.2) is 0 Å². The van der Waals surface area contributed by atoms with Crippen LogP contribution in [0.2, 0.25) is 0 Å². The van der Waals surface area contributed by atoms with E-state index in [0.29, 0.717) is 0 Å². The van der Waals surface area contributed by atoms with Crippen molar-refractivity contribution >= 4 is 6.21 Å². The molecule has 0 aliphatic rings. The van der Waals surface area contributed by atoms with E-state index < -0.39 is 0 Å². The molecule has 0 bridgehead atoms. The molecule has 0 radical (unpaired) electrons. The lowest BCUT2D eigenvalue weighted by Crippen LogP contribution is -2.08. The van der Waals surface area contributed by atoms with Crippen LogP contribution in [0.15, 0.2) is 57.6 Å². The van der Waals surface area contributed by atoms with Gasteiger partial charge in [0.05, 0.1) is 12.4 Å². The summed E-state index contributed by atoms with van der Waals surface area (Å²) >= 11 is 0. The molecule has 1 heterocycles. The van der Waals surface area contributed by atoms with Gasteiger partial charge in [-0.1, -0.05) is 38.2 Å². The van der Waals surface area contributed by atoms with E-state index in [1.807, 2.05) is 19.9 Å². The Bertz CT molecular complexity index is 741. The lowest BCUT2D eigenvalue weighted by molar-refractivity contribution is 0.951. The first-order valence-corrected chi connectivity index (χ1v) is 8.69. The van der Waals surface area contributed by atoms with Crippen LogP contribution in [0.25, 0.3) is 0 Å². The monoisotopic (exact) mass is 336 g/mol. The molecule has 0 fully saturated rings. The molecule has 132 valence electrons. The number of hydrogen-bond donors (Lipinski definition) is 1. The van der Waals surface area contributed by atoms with Crippen molar-refractivity contribution in [3.63, 3.8) is 0 Å². The smallest absolute Gasteiger partial charge is 0.0652 e. The molecule has 0 saturated carbocycles. The molecule has 0 aliphatic heterocycles. The molecular formula is C21H28N4. The molecule has 2 N–H and O–H groups in total. The maximum absolute atomic E-state index is 6.46. The summed E-state index contributed by atoms with van der Waals surface area (Å²) in [5, 5.41) is 7.65. The largest absolute Gasteiger partial charge is 0.398 e. The molecule has 0 aromatic carbocycles. The predicted molar refractivity (Wildman–Crippen MR) is 106 cm³/mol. The lowest BCUT2D eigenvalue weighted by atomic mass is 9.96. The third-order valence-corrected chi connectivity index (χ3v) is 3.78. The fourth-order valence-corrected chi connectivity index (χ4v) is 2.21. The highest BCUT2D eigenvalue weighted by Gasteiger charge is 2.12. The van der Waals surface area contributed by atoms with E-state index in [-0.39, 0.29) is 0 Å². The highest BCUT2D eigenvalue weighted by atomic mass is 15.1. The van der Waals surface area contributed by atoms with Gasteiger partial charge in [-0.05, 0) is 45.3 Å². The second kappa shape index (κ2) is 11.0. The van der Waals surface area contributed by atoms with Gasteiger partial charge in [0, 0.05) is 34.3 Å². The molecule has 0 saturated heterocycles. The van der Waals surface area contributed by atoms with Crippen LogP contribution in [-0.4, -0.2) is 16.4 Å². The molecule has 0 amide bonds. The normalized spacial score (nSPS) is 13.9. The van der Waals surface area contributed by atoms with Gasteiger partial charge in [0.1, 0.15) is 0 Å². The minimum Gasteiger partial charge on any atom is -0.398 e. The highest BCUT2D eigenvalue weighted by molar-refractivity contribution is 5.62. The summed E-state index contributed by atoms with van der Waals surface area (Å²) in [5.41, 5.74) is 11.9. The average molecular weight is 336 g/mol. The fourth-order valence-electron chi connectivity index (χ4n) is 2.21. The SMILES string of the molecule is CC=N/C(C)=C(C(/C#Cc1ccnnc1)=C\CCC)\C(N)=C(/C)CC. The van der Waals surface area contributed by atoms with Crippen LogP contribution in [0.4, 0.5) is 0 Å². The van der Waals surface area contributed by atoms with E-state index in [4.69, 9.17) is 5.73 Å². The molecule has 1 aromatic heterocycles. The average Bonchev–Trinajstić information content (AvgIpc) is 2.63. The first-order chi connectivity index (χ1) is 12.0. The van der Waals surface area contributed by atoms with Gasteiger partial charge in [-0.2, -0.15) is 10.2 Å². The Morgan fingerprint density at radius 2 is 2.04 bits per heavy atom. The summed E-state index contributed by atoms with van der Waals surface area (Å²) in [6, 6.07) is 1.84. The molecule has 25 heavy (non-hydrogen) atoms. The van der Waals surface area contributed by atoms with Crippen molar-refractivity contribution in [2.75, 3.05) is 0 Å². The minimum absolute atomic E-state index is 0.759. The van der Waals surface area contributed by atoms with Gasteiger partial charge in [-0.25, -0.2) is 0 Å². The topological polar surface area (TPSA) is 64.2 Å². The maximum Gasteiger partial charge on any atom is 0.0652 e. The van der Waals surface area contributed by atoms with Gasteiger partial charge in [-0.3, -0.25) is 4.99 Å². The summed E-state index contributed by atoms with van der Waals surface area (Å²) < 4.78 is 0. The van der Waals surface area contributed by atoms with E-state index in [9.17, 15) is 0 Å². The number of allylic oxidation sites excluding steroid dienone is 4. The first kappa shape index (κ1) is 20.4. The van der Waals surface area contributed by atoms with Crippen molar-refractivity contribution in [3.05, 3.63) is 58.2 Å². The Kier molecular flexibility index (Phi) is 8.95. The maximum atomic E-state index is 6.46. The molecular weight excluding hydrogens is 308 g/mol. The van der Waals surface area contributed by atoms with Crippen LogP contribution in [0.5, 0.6) is 0 Å².